The van der Waals surface area contributed by atoms with Crippen LogP contribution >= 0.6 is 0 Å². The van der Waals surface area contributed by atoms with Crippen LogP contribution in [-0.4, -0.2) is 4.98 Å². The molecular weight excluding hydrogens is 248 g/mol. The third-order valence-corrected chi connectivity index (χ3v) is 3.25. The largest absolute Gasteiger partial charge is 0.438 e. The van der Waals surface area contributed by atoms with Crippen molar-refractivity contribution in [3.63, 3.8) is 0 Å². The van der Waals surface area contributed by atoms with Gasteiger partial charge >= 0.3 is 0 Å². The molecule has 0 aliphatic rings. The van der Waals surface area contributed by atoms with Crippen LogP contribution in [0.5, 0.6) is 11.6 Å². The van der Waals surface area contributed by atoms with Crippen molar-refractivity contribution in [2.24, 2.45) is 5.73 Å². The Balaban J connectivity index is 1.99. The van der Waals surface area contributed by atoms with Gasteiger partial charge in [0, 0.05) is 23.7 Å². The Kier molecular flexibility index (Phi) is 3.35. The predicted molar refractivity (Wildman–Crippen MR) is 80.9 cm³/mol. The number of rotatable bonds is 3. The van der Waals surface area contributed by atoms with Gasteiger partial charge in [0.25, 0.3) is 0 Å². The van der Waals surface area contributed by atoms with Crippen LogP contribution in [-0.2, 0) is 0 Å². The molecule has 0 amide bonds. The van der Waals surface area contributed by atoms with E-state index in [1.165, 1.54) is 0 Å². The first-order valence-corrected chi connectivity index (χ1v) is 6.61. The Morgan fingerprint density at radius 1 is 1.05 bits per heavy atom. The Bertz CT molecular complexity index is 732. The quantitative estimate of drug-likeness (QED) is 0.776. The topological polar surface area (TPSA) is 48.1 Å². The molecule has 3 rings (SSSR count). The van der Waals surface area contributed by atoms with E-state index >= 15 is 0 Å². The summed E-state index contributed by atoms with van der Waals surface area (Å²) < 4.78 is 5.92. The Labute approximate surface area is 118 Å². The summed E-state index contributed by atoms with van der Waals surface area (Å²) in [6.45, 7) is 1.94. The fraction of sp³-hybridized carbons (Fsp3) is 0.118. The highest BCUT2D eigenvalue weighted by atomic mass is 16.5. The third kappa shape index (κ3) is 2.49. The summed E-state index contributed by atoms with van der Waals surface area (Å²) in [4.78, 5) is 4.25. The zero-order chi connectivity index (χ0) is 13.9. The second-order valence-electron chi connectivity index (χ2n) is 4.80. The Morgan fingerprint density at radius 2 is 1.85 bits per heavy atom. The normalized spacial score (nSPS) is 12.3. The van der Waals surface area contributed by atoms with Gasteiger partial charge in [0.05, 0.1) is 0 Å². The molecule has 0 spiro atoms. The summed E-state index contributed by atoms with van der Waals surface area (Å²) in [6.07, 6.45) is 1.72. The minimum absolute atomic E-state index is 0.0344. The number of aromatic nitrogens is 1. The molecule has 1 atom stereocenters. The van der Waals surface area contributed by atoms with Crippen molar-refractivity contribution in [1.82, 2.24) is 4.98 Å². The smallest absolute Gasteiger partial charge is 0.219 e. The molecule has 0 aliphatic heterocycles. The summed E-state index contributed by atoms with van der Waals surface area (Å²) in [5.41, 5.74) is 6.89. The number of ether oxygens (including phenoxy) is 1. The van der Waals surface area contributed by atoms with Crippen LogP contribution in [0, 0.1) is 0 Å². The maximum Gasteiger partial charge on any atom is 0.219 e. The van der Waals surface area contributed by atoms with E-state index in [0.717, 1.165) is 22.1 Å². The average Bonchev–Trinajstić information content (AvgIpc) is 2.48. The van der Waals surface area contributed by atoms with Gasteiger partial charge in [0.1, 0.15) is 5.75 Å². The fourth-order valence-electron chi connectivity index (χ4n) is 2.16. The van der Waals surface area contributed by atoms with Gasteiger partial charge in [-0.3, -0.25) is 0 Å². The van der Waals surface area contributed by atoms with Crippen molar-refractivity contribution in [3.8, 4) is 11.6 Å². The first kappa shape index (κ1) is 12.6. The molecule has 1 heterocycles. The second kappa shape index (κ2) is 5.31. The molecule has 3 heteroatoms. The van der Waals surface area contributed by atoms with E-state index in [1.54, 1.807) is 6.20 Å². The minimum Gasteiger partial charge on any atom is -0.438 e. The van der Waals surface area contributed by atoms with Crippen molar-refractivity contribution in [1.29, 1.82) is 0 Å². The lowest BCUT2D eigenvalue weighted by atomic mass is 10.1. The molecule has 0 saturated carbocycles. The van der Waals surface area contributed by atoms with E-state index in [-0.39, 0.29) is 6.04 Å². The van der Waals surface area contributed by atoms with Gasteiger partial charge in [-0.15, -0.1) is 0 Å². The van der Waals surface area contributed by atoms with Crippen LogP contribution in [0.25, 0.3) is 10.8 Å². The van der Waals surface area contributed by atoms with Crippen molar-refractivity contribution < 1.29 is 4.74 Å². The zero-order valence-corrected chi connectivity index (χ0v) is 11.3. The molecule has 2 N–H and O–H groups in total. The molecule has 20 heavy (non-hydrogen) atoms. The SMILES string of the molecule is CC(N)c1ccnc(Oc2cccc3ccccc23)c1. The molecular formula is C17H16N2O. The first-order valence-electron chi connectivity index (χ1n) is 6.61. The van der Waals surface area contributed by atoms with Crippen molar-refractivity contribution >= 4 is 10.8 Å². The van der Waals surface area contributed by atoms with Gasteiger partial charge in [0.2, 0.25) is 5.88 Å². The van der Waals surface area contributed by atoms with Gasteiger partial charge in [-0.25, -0.2) is 4.98 Å². The van der Waals surface area contributed by atoms with E-state index in [0.29, 0.717) is 5.88 Å². The van der Waals surface area contributed by atoms with Crippen LogP contribution in [0.15, 0.2) is 60.8 Å². The summed E-state index contributed by atoms with van der Waals surface area (Å²) in [5.74, 6) is 1.37. The predicted octanol–water partition coefficient (Wildman–Crippen LogP) is 4.05. The molecule has 3 aromatic rings. The standard InChI is InChI=1S/C17H16N2O/c1-12(18)14-9-10-19-17(11-14)20-16-8-4-6-13-5-2-3-7-15(13)16/h2-12H,18H2,1H3. The number of nitrogens with zero attached hydrogens (tertiary/aromatic N) is 1. The van der Waals surface area contributed by atoms with E-state index in [2.05, 4.69) is 17.1 Å². The van der Waals surface area contributed by atoms with Crippen LogP contribution in [0.3, 0.4) is 0 Å². The lowest BCUT2D eigenvalue weighted by molar-refractivity contribution is 0.467. The highest BCUT2D eigenvalue weighted by Gasteiger charge is 2.06. The molecule has 1 unspecified atom stereocenters. The summed E-state index contributed by atoms with van der Waals surface area (Å²) in [5, 5.41) is 2.22. The number of nitrogens with two attached hydrogens (primary N) is 1. The minimum atomic E-state index is -0.0344. The summed E-state index contributed by atoms with van der Waals surface area (Å²) in [6, 6.07) is 17.9. The number of hydrogen-bond acceptors (Lipinski definition) is 3. The molecule has 3 nitrogen and oxygen atoms in total. The van der Waals surface area contributed by atoms with Gasteiger partial charge in [-0.2, -0.15) is 0 Å². The third-order valence-electron chi connectivity index (χ3n) is 3.25. The zero-order valence-electron chi connectivity index (χ0n) is 11.3. The lowest BCUT2D eigenvalue weighted by Gasteiger charge is -2.10. The molecule has 100 valence electrons. The number of hydrogen-bond donors (Lipinski definition) is 1. The molecule has 1 aromatic heterocycles. The maximum absolute atomic E-state index is 5.92. The number of pyridine rings is 1. The van der Waals surface area contributed by atoms with Crippen LogP contribution in [0.2, 0.25) is 0 Å². The monoisotopic (exact) mass is 264 g/mol. The van der Waals surface area contributed by atoms with Crippen LogP contribution in [0.4, 0.5) is 0 Å². The van der Waals surface area contributed by atoms with Crippen molar-refractivity contribution in [2.45, 2.75) is 13.0 Å². The summed E-state index contributed by atoms with van der Waals surface area (Å²) >= 11 is 0. The maximum atomic E-state index is 5.92. The van der Waals surface area contributed by atoms with Crippen molar-refractivity contribution in [3.05, 3.63) is 66.4 Å². The van der Waals surface area contributed by atoms with E-state index in [9.17, 15) is 0 Å². The van der Waals surface area contributed by atoms with Gasteiger partial charge in [0.15, 0.2) is 0 Å². The average molecular weight is 264 g/mol. The molecule has 0 bridgehead atoms. The van der Waals surface area contributed by atoms with Gasteiger partial charge in [-0.05, 0) is 30.0 Å². The molecule has 0 aliphatic carbocycles. The van der Waals surface area contributed by atoms with E-state index in [1.807, 2.05) is 49.4 Å². The molecule has 0 fully saturated rings. The second-order valence-corrected chi connectivity index (χ2v) is 4.80. The highest BCUT2D eigenvalue weighted by Crippen LogP contribution is 2.29. The lowest BCUT2D eigenvalue weighted by Crippen LogP contribution is -2.05. The molecule has 0 radical (unpaired) electrons. The van der Waals surface area contributed by atoms with Gasteiger partial charge in [-0.1, -0.05) is 36.4 Å². The highest BCUT2D eigenvalue weighted by molar-refractivity contribution is 5.88. The van der Waals surface area contributed by atoms with Crippen LogP contribution in [0.1, 0.15) is 18.5 Å². The Hall–Kier alpha value is -2.39. The number of benzene rings is 2. The summed E-state index contributed by atoms with van der Waals surface area (Å²) in [7, 11) is 0. The number of fused-ring (bicyclic) bond motifs is 1. The Morgan fingerprint density at radius 3 is 2.70 bits per heavy atom. The van der Waals surface area contributed by atoms with Crippen molar-refractivity contribution in [2.75, 3.05) is 0 Å². The first-order chi connectivity index (χ1) is 9.74. The molecule has 2 aromatic carbocycles. The molecule has 0 saturated heterocycles. The fourth-order valence-corrected chi connectivity index (χ4v) is 2.16. The van der Waals surface area contributed by atoms with E-state index < -0.39 is 0 Å². The van der Waals surface area contributed by atoms with E-state index in [4.69, 9.17) is 10.5 Å². The van der Waals surface area contributed by atoms with Crippen LogP contribution < -0.4 is 10.5 Å². The van der Waals surface area contributed by atoms with Gasteiger partial charge < -0.3 is 10.5 Å².